The number of ketones is 1. The number of anilines is 1. The molecular weight excluding hydrogens is 564 g/mol. The van der Waals surface area contributed by atoms with Crippen molar-refractivity contribution in [2.45, 2.75) is 31.9 Å². The van der Waals surface area contributed by atoms with Crippen LogP contribution >= 0.6 is 11.6 Å². The van der Waals surface area contributed by atoms with Gasteiger partial charge in [-0.3, -0.25) is 9.78 Å². The first kappa shape index (κ1) is 28.0. The van der Waals surface area contributed by atoms with E-state index >= 15 is 0 Å². The molecule has 6 rings (SSSR count). The Balaban J connectivity index is 1.17. The number of fused-ring (bicyclic) bond motifs is 1. The summed E-state index contributed by atoms with van der Waals surface area (Å²) < 4.78 is 35.5. The number of hydrogen-bond acceptors (Lipinski definition) is 8. The molecule has 12 heteroatoms. The van der Waals surface area contributed by atoms with Crippen LogP contribution in [0.25, 0.3) is 16.8 Å². The average Bonchev–Trinajstić information content (AvgIpc) is 3.39. The van der Waals surface area contributed by atoms with E-state index in [0.29, 0.717) is 47.0 Å². The lowest BCUT2D eigenvalue weighted by atomic mass is 9.75. The minimum absolute atomic E-state index is 0.101. The summed E-state index contributed by atoms with van der Waals surface area (Å²) >= 11 is 6.15. The third-order valence-electron chi connectivity index (χ3n) is 8.11. The zero-order valence-corrected chi connectivity index (χ0v) is 23.7. The number of ether oxygens (including phenoxy) is 1. The van der Waals surface area contributed by atoms with Crippen LogP contribution in [0.1, 0.15) is 42.1 Å². The Kier molecular flexibility index (Phi) is 7.29. The second kappa shape index (κ2) is 10.9. The quantitative estimate of drug-likeness (QED) is 0.284. The van der Waals surface area contributed by atoms with Crippen molar-refractivity contribution in [2.75, 3.05) is 37.7 Å². The summed E-state index contributed by atoms with van der Waals surface area (Å²) in [7, 11) is 0. The molecule has 3 aromatic heterocycles. The molecule has 9 nitrogen and oxygen atoms in total. The Labute approximate surface area is 246 Å². The van der Waals surface area contributed by atoms with Crippen molar-refractivity contribution in [3.63, 3.8) is 0 Å². The lowest BCUT2D eigenvalue weighted by molar-refractivity contribution is 0.0345. The van der Waals surface area contributed by atoms with E-state index in [2.05, 4.69) is 38.3 Å². The lowest BCUT2D eigenvalue weighted by Crippen LogP contribution is -2.59. The summed E-state index contributed by atoms with van der Waals surface area (Å²) in [6, 6.07) is 7.73. The standard InChI is InChI=1S/C30H28ClF2N7O2/c1-29(10-26(41)22-8-20(32)2-3-24(22)31)4-6-39(7-5-29)27-14-36-25(13-37-27)23-9-21(42-18-30(33)16-35-17-30)15-40-28(23)19(11-34)12-38-40/h2-3,8-9,12-15,35H,4-7,10,16-18H2,1H3. The second-order valence-corrected chi connectivity index (χ2v) is 11.8. The van der Waals surface area contributed by atoms with Crippen molar-refractivity contribution in [1.29, 1.82) is 5.26 Å². The van der Waals surface area contributed by atoms with Crippen LogP contribution < -0.4 is 15.0 Å². The van der Waals surface area contributed by atoms with Gasteiger partial charge in [-0.05, 0) is 42.5 Å². The van der Waals surface area contributed by atoms with Crippen LogP contribution in [0.4, 0.5) is 14.6 Å². The van der Waals surface area contributed by atoms with Gasteiger partial charge in [0.15, 0.2) is 11.5 Å². The first-order valence-electron chi connectivity index (χ1n) is 13.6. The number of rotatable bonds is 8. The van der Waals surface area contributed by atoms with E-state index in [1.807, 2.05) is 0 Å². The summed E-state index contributed by atoms with van der Waals surface area (Å²) in [5.41, 5.74) is 0.592. The van der Waals surface area contributed by atoms with E-state index < -0.39 is 11.5 Å². The maximum absolute atomic E-state index is 14.5. The molecule has 4 aromatic rings. The Hall–Kier alpha value is -4.14. The third kappa shape index (κ3) is 5.52. The molecule has 5 heterocycles. The van der Waals surface area contributed by atoms with Crippen molar-refractivity contribution in [1.82, 2.24) is 24.9 Å². The molecule has 42 heavy (non-hydrogen) atoms. The number of pyridine rings is 1. The van der Waals surface area contributed by atoms with E-state index in [1.165, 1.54) is 28.9 Å². The lowest BCUT2D eigenvalue weighted by Gasteiger charge is -2.39. The zero-order chi connectivity index (χ0) is 29.5. The van der Waals surface area contributed by atoms with E-state index in [4.69, 9.17) is 16.3 Å². The zero-order valence-electron chi connectivity index (χ0n) is 22.9. The molecule has 0 unspecified atom stereocenters. The van der Waals surface area contributed by atoms with Crippen LogP contribution in [-0.2, 0) is 0 Å². The van der Waals surface area contributed by atoms with Gasteiger partial charge in [-0.15, -0.1) is 0 Å². The number of Topliss-reactive ketones (excluding diaryl/α,β-unsaturated/α-hetero) is 1. The molecule has 0 radical (unpaired) electrons. The van der Waals surface area contributed by atoms with Crippen LogP contribution in [0.5, 0.6) is 5.75 Å². The molecule has 1 aromatic carbocycles. The molecule has 0 spiro atoms. The monoisotopic (exact) mass is 591 g/mol. The summed E-state index contributed by atoms with van der Waals surface area (Å²) in [5, 5.41) is 17.1. The molecule has 2 aliphatic rings. The van der Waals surface area contributed by atoms with Crippen molar-refractivity contribution >= 4 is 28.7 Å². The van der Waals surface area contributed by atoms with Crippen molar-refractivity contribution in [2.24, 2.45) is 5.41 Å². The van der Waals surface area contributed by atoms with Crippen molar-refractivity contribution in [3.05, 3.63) is 71.0 Å². The number of piperidine rings is 1. The molecule has 0 aliphatic carbocycles. The number of carbonyl (C=O) groups is 1. The maximum Gasteiger partial charge on any atom is 0.169 e. The highest BCUT2D eigenvalue weighted by Crippen LogP contribution is 2.38. The molecule has 2 saturated heterocycles. The van der Waals surface area contributed by atoms with Gasteiger partial charge in [0.2, 0.25) is 0 Å². The van der Waals surface area contributed by atoms with Gasteiger partial charge in [0, 0.05) is 43.7 Å². The number of hydrogen-bond donors (Lipinski definition) is 1. The first-order valence-corrected chi connectivity index (χ1v) is 14.0. The normalized spacial score (nSPS) is 17.5. The SMILES string of the molecule is CC1(CC(=O)c2cc(F)ccc2Cl)CCN(c2cnc(-c3cc(OCC4(F)CNC4)cn4ncc(C#N)c34)cn2)CC1. The van der Waals surface area contributed by atoms with Crippen LogP contribution in [0.3, 0.4) is 0 Å². The van der Waals surface area contributed by atoms with Gasteiger partial charge in [0.05, 0.1) is 46.6 Å². The molecule has 1 N–H and O–H groups in total. The third-order valence-corrected chi connectivity index (χ3v) is 8.44. The average molecular weight is 592 g/mol. The fourth-order valence-corrected chi connectivity index (χ4v) is 5.66. The maximum atomic E-state index is 14.5. The number of nitriles is 1. The van der Waals surface area contributed by atoms with Gasteiger partial charge in [0.25, 0.3) is 0 Å². The highest BCUT2D eigenvalue weighted by atomic mass is 35.5. The van der Waals surface area contributed by atoms with Gasteiger partial charge < -0.3 is 15.0 Å². The number of aromatic nitrogens is 4. The molecule has 2 fully saturated rings. The molecular formula is C30H28ClF2N7O2. The second-order valence-electron chi connectivity index (χ2n) is 11.4. The Morgan fingerprint density at radius 1 is 1.19 bits per heavy atom. The van der Waals surface area contributed by atoms with Crippen molar-refractivity contribution in [3.8, 4) is 23.1 Å². The fourth-order valence-electron chi connectivity index (χ4n) is 5.43. The summed E-state index contributed by atoms with van der Waals surface area (Å²) in [4.78, 5) is 24.3. The topological polar surface area (TPSA) is 108 Å². The first-order chi connectivity index (χ1) is 20.2. The van der Waals surface area contributed by atoms with Crippen LogP contribution in [0.15, 0.2) is 49.1 Å². The fraction of sp³-hybridized carbons (Fsp3) is 0.367. The highest BCUT2D eigenvalue weighted by Gasteiger charge is 2.38. The molecule has 2 aliphatic heterocycles. The van der Waals surface area contributed by atoms with Gasteiger partial charge >= 0.3 is 0 Å². The van der Waals surface area contributed by atoms with Gasteiger partial charge in [0.1, 0.15) is 30.1 Å². The summed E-state index contributed by atoms with van der Waals surface area (Å²) in [6.07, 6.45) is 8.15. The van der Waals surface area contributed by atoms with E-state index in [-0.39, 0.29) is 47.9 Å². The number of halogens is 3. The molecule has 0 saturated carbocycles. The predicted octanol–water partition coefficient (Wildman–Crippen LogP) is 5.03. The minimum atomic E-state index is -1.41. The number of nitrogens with one attached hydrogen (secondary N) is 1. The Morgan fingerprint density at radius 3 is 2.64 bits per heavy atom. The smallest absolute Gasteiger partial charge is 0.169 e. The minimum Gasteiger partial charge on any atom is -0.489 e. The molecule has 0 amide bonds. The Bertz CT molecular complexity index is 1690. The van der Waals surface area contributed by atoms with E-state index in [0.717, 1.165) is 12.8 Å². The Morgan fingerprint density at radius 2 is 1.98 bits per heavy atom. The molecule has 216 valence electrons. The van der Waals surface area contributed by atoms with E-state index in [9.17, 15) is 18.8 Å². The largest absolute Gasteiger partial charge is 0.489 e. The van der Waals surface area contributed by atoms with Gasteiger partial charge in [-0.25, -0.2) is 18.3 Å². The molecule has 0 bridgehead atoms. The van der Waals surface area contributed by atoms with Crippen LogP contribution in [0, 0.1) is 22.6 Å². The highest BCUT2D eigenvalue weighted by molar-refractivity contribution is 6.34. The predicted molar refractivity (Wildman–Crippen MR) is 153 cm³/mol. The van der Waals surface area contributed by atoms with Gasteiger partial charge in [-0.1, -0.05) is 18.5 Å². The molecule has 0 atom stereocenters. The van der Waals surface area contributed by atoms with E-state index in [1.54, 1.807) is 24.7 Å². The van der Waals surface area contributed by atoms with Crippen LogP contribution in [-0.4, -0.2) is 63.8 Å². The number of alkyl halides is 1. The number of carbonyl (C=O) groups excluding carboxylic acids is 1. The summed E-state index contributed by atoms with van der Waals surface area (Å²) in [5.74, 6) is 0.444. The van der Waals surface area contributed by atoms with Crippen molar-refractivity contribution < 1.29 is 18.3 Å². The number of nitrogens with zero attached hydrogens (tertiary/aromatic N) is 6. The summed E-state index contributed by atoms with van der Waals surface area (Å²) in [6.45, 7) is 3.78. The number of benzene rings is 1. The van der Waals surface area contributed by atoms with Gasteiger partial charge in [-0.2, -0.15) is 10.4 Å². The van der Waals surface area contributed by atoms with Crippen LogP contribution in [0.2, 0.25) is 5.02 Å².